The minimum atomic E-state index is -0.368. The maximum absolute atomic E-state index is 11.0. The van der Waals surface area contributed by atoms with E-state index in [1.54, 1.807) is 6.08 Å². The van der Waals surface area contributed by atoms with Crippen LogP contribution in [0.15, 0.2) is 24.3 Å². The Kier molecular flexibility index (Phi) is 4.39. The SMILES string of the molecule is COC(=O)C=Cc1ccc(C2CCCN2)c(Cl)c1. The summed E-state index contributed by atoms with van der Waals surface area (Å²) in [6.07, 6.45) is 5.39. The van der Waals surface area contributed by atoms with Crippen molar-refractivity contribution in [3.8, 4) is 0 Å². The van der Waals surface area contributed by atoms with E-state index in [9.17, 15) is 4.79 Å². The summed E-state index contributed by atoms with van der Waals surface area (Å²) in [4.78, 5) is 11.0. The zero-order chi connectivity index (χ0) is 13.0. The first-order chi connectivity index (χ1) is 8.70. The van der Waals surface area contributed by atoms with E-state index >= 15 is 0 Å². The zero-order valence-electron chi connectivity index (χ0n) is 10.3. The Morgan fingerprint density at radius 1 is 1.56 bits per heavy atom. The molecule has 1 fully saturated rings. The fourth-order valence-electron chi connectivity index (χ4n) is 2.11. The van der Waals surface area contributed by atoms with Gasteiger partial charge in [-0.25, -0.2) is 4.79 Å². The molecule has 1 atom stereocenters. The van der Waals surface area contributed by atoms with Gasteiger partial charge in [0.25, 0.3) is 0 Å². The van der Waals surface area contributed by atoms with Crippen molar-refractivity contribution in [2.75, 3.05) is 13.7 Å². The van der Waals surface area contributed by atoms with E-state index in [2.05, 4.69) is 10.1 Å². The lowest BCUT2D eigenvalue weighted by Gasteiger charge is -2.12. The van der Waals surface area contributed by atoms with Gasteiger partial charge in [0, 0.05) is 17.1 Å². The molecule has 0 saturated carbocycles. The summed E-state index contributed by atoms with van der Waals surface area (Å²) >= 11 is 6.27. The molecule has 0 aromatic heterocycles. The number of halogens is 1. The van der Waals surface area contributed by atoms with Gasteiger partial charge in [-0.1, -0.05) is 23.7 Å². The van der Waals surface area contributed by atoms with Crippen LogP contribution >= 0.6 is 11.6 Å². The molecule has 0 radical (unpaired) electrons. The Morgan fingerprint density at radius 3 is 3.00 bits per heavy atom. The van der Waals surface area contributed by atoms with Gasteiger partial charge in [-0.3, -0.25) is 0 Å². The minimum Gasteiger partial charge on any atom is -0.466 e. The van der Waals surface area contributed by atoms with Crippen molar-refractivity contribution in [1.82, 2.24) is 5.32 Å². The second-order valence-electron chi connectivity index (χ2n) is 4.29. The predicted molar refractivity (Wildman–Crippen MR) is 72.5 cm³/mol. The van der Waals surface area contributed by atoms with Crippen molar-refractivity contribution in [2.45, 2.75) is 18.9 Å². The van der Waals surface area contributed by atoms with Crippen molar-refractivity contribution in [3.63, 3.8) is 0 Å². The van der Waals surface area contributed by atoms with Gasteiger partial charge in [-0.15, -0.1) is 0 Å². The summed E-state index contributed by atoms with van der Waals surface area (Å²) in [6, 6.07) is 6.20. The molecule has 1 unspecified atom stereocenters. The third-order valence-corrected chi connectivity index (χ3v) is 3.40. The van der Waals surface area contributed by atoms with Gasteiger partial charge in [0.1, 0.15) is 0 Å². The van der Waals surface area contributed by atoms with Crippen LogP contribution in [0.2, 0.25) is 5.02 Å². The maximum atomic E-state index is 11.0. The van der Waals surface area contributed by atoms with Crippen molar-refractivity contribution in [1.29, 1.82) is 0 Å². The van der Waals surface area contributed by atoms with Crippen LogP contribution in [0.5, 0.6) is 0 Å². The van der Waals surface area contributed by atoms with E-state index in [4.69, 9.17) is 11.6 Å². The summed E-state index contributed by atoms with van der Waals surface area (Å²) in [5, 5.41) is 4.15. The number of hydrogen-bond donors (Lipinski definition) is 1. The van der Waals surface area contributed by atoms with Crippen LogP contribution in [-0.4, -0.2) is 19.6 Å². The molecular weight excluding hydrogens is 250 g/mol. The molecular formula is C14H16ClNO2. The number of carbonyl (C=O) groups excluding carboxylic acids is 1. The third kappa shape index (κ3) is 3.12. The average Bonchev–Trinajstić information content (AvgIpc) is 2.89. The van der Waals surface area contributed by atoms with E-state index in [0.29, 0.717) is 6.04 Å². The number of esters is 1. The minimum absolute atomic E-state index is 0.358. The first kappa shape index (κ1) is 13.1. The fraction of sp³-hybridized carbons (Fsp3) is 0.357. The number of methoxy groups -OCH3 is 1. The fourth-order valence-corrected chi connectivity index (χ4v) is 2.43. The van der Waals surface area contributed by atoms with Crippen LogP contribution in [0.3, 0.4) is 0 Å². The molecule has 18 heavy (non-hydrogen) atoms. The van der Waals surface area contributed by atoms with E-state index in [0.717, 1.165) is 29.1 Å². The van der Waals surface area contributed by atoms with E-state index < -0.39 is 0 Å². The predicted octanol–water partition coefficient (Wildman–Crippen LogP) is 2.95. The van der Waals surface area contributed by atoms with Gasteiger partial charge in [0.15, 0.2) is 0 Å². The first-order valence-corrected chi connectivity index (χ1v) is 6.37. The zero-order valence-corrected chi connectivity index (χ0v) is 11.0. The highest BCUT2D eigenvalue weighted by Crippen LogP contribution is 2.30. The first-order valence-electron chi connectivity index (χ1n) is 5.99. The molecule has 2 rings (SSSR count). The Bertz CT molecular complexity index is 465. The molecule has 1 heterocycles. The Labute approximate surface area is 112 Å². The van der Waals surface area contributed by atoms with E-state index in [1.807, 2.05) is 18.2 Å². The summed E-state index contributed by atoms with van der Waals surface area (Å²) in [5.74, 6) is -0.368. The number of nitrogens with one attached hydrogen (secondary N) is 1. The van der Waals surface area contributed by atoms with Crippen LogP contribution in [0.1, 0.15) is 30.0 Å². The maximum Gasteiger partial charge on any atom is 0.330 e. The topological polar surface area (TPSA) is 38.3 Å². The van der Waals surface area contributed by atoms with Crippen LogP contribution in [0.4, 0.5) is 0 Å². The van der Waals surface area contributed by atoms with Crippen molar-refractivity contribution >= 4 is 23.6 Å². The molecule has 3 nitrogen and oxygen atoms in total. The number of hydrogen-bond acceptors (Lipinski definition) is 3. The van der Waals surface area contributed by atoms with Gasteiger partial charge >= 0.3 is 5.97 Å². The van der Waals surface area contributed by atoms with Crippen molar-refractivity contribution < 1.29 is 9.53 Å². The monoisotopic (exact) mass is 265 g/mol. The smallest absolute Gasteiger partial charge is 0.330 e. The molecule has 1 aromatic carbocycles. The second kappa shape index (κ2) is 6.03. The second-order valence-corrected chi connectivity index (χ2v) is 4.69. The van der Waals surface area contributed by atoms with Crippen molar-refractivity contribution in [2.24, 2.45) is 0 Å². The molecule has 1 aromatic rings. The van der Waals surface area contributed by atoms with Gasteiger partial charge in [-0.2, -0.15) is 0 Å². The number of rotatable bonds is 3. The summed E-state index contributed by atoms with van der Waals surface area (Å²) in [6.45, 7) is 1.05. The molecule has 96 valence electrons. The highest BCUT2D eigenvalue weighted by atomic mass is 35.5. The van der Waals surface area contributed by atoms with Crippen molar-refractivity contribution in [3.05, 3.63) is 40.4 Å². The summed E-state index contributed by atoms with van der Waals surface area (Å²) in [5.41, 5.74) is 2.02. The quantitative estimate of drug-likeness (QED) is 0.675. The molecule has 0 aliphatic carbocycles. The molecule has 1 aliphatic heterocycles. The summed E-state index contributed by atoms with van der Waals surface area (Å²) in [7, 11) is 1.36. The molecule has 1 saturated heterocycles. The highest BCUT2D eigenvalue weighted by Gasteiger charge is 2.18. The lowest BCUT2D eigenvalue weighted by atomic mass is 10.0. The van der Waals surface area contributed by atoms with E-state index in [1.165, 1.54) is 19.6 Å². The number of carbonyl (C=O) groups is 1. The van der Waals surface area contributed by atoms with E-state index in [-0.39, 0.29) is 5.97 Å². The van der Waals surface area contributed by atoms with Crippen LogP contribution in [0.25, 0.3) is 6.08 Å². The van der Waals surface area contributed by atoms with Crippen LogP contribution in [0, 0.1) is 0 Å². The van der Waals surface area contributed by atoms with Gasteiger partial charge < -0.3 is 10.1 Å². The average molecular weight is 266 g/mol. The summed E-state index contributed by atoms with van der Waals surface area (Å²) < 4.78 is 4.54. The van der Waals surface area contributed by atoms with Crippen LogP contribution in [-0.2, 0) is 9.53 Å². The normalized spacial score (nSPS) is 19.3. The van der Waals surface area contributed by atoms with Gasteiger partial charge in [-0.05, 0) is 42.7 Å². The Hall–Kier alpha value is -1.32. The van der Waals surface area contributed by atoms with Gasteiger partial charge in [0.2, 0.25) is 0 Å². The number of ether oxygens (including phenoxy) is 1. The molecule has 0 spiro atoms. The lowest BCUT2D eigenvalue weighted by molar-refractivity contribution is -0.134. The Morgan fingerprint density at radius 2 is 2.39 bits per heavy atom. The Balaban J connectivity index is 2.14. The number of benzene rings is 1. The molecule has 1 aliphatic rings. The van der Waals surface area contributed by atoms with Gasteiger partial charge in [0.05, 0.1) is 7.11 Å². The lowest BCUT2D eigenvalue weighted by Crippen LogP contribution is -2.13. The largest absolute Gasteiger partial charge is 0.466 e. The molecule has 1 N–H and O–H groups in total. The third-order valence-electron chi connectivity index (χ3n) is 3.07. The highest BCUT2D eigenvalue weighted by molar-refractivity contribution is 6.31. The van der Waals surface area contributed by atoms with Crippen LogP contribution < -0.4 is 5.32 Å². The molecule has 0 bridgehead atoms. The molecule has 4 heteroatoms. The standard InChI is InChI=1S/C14H16ClNO2/c1-18-14(17)7-5-10-4-6-11(12(15)9-10)13-3-2-8-16-13/h4-7,9,13,16H,2-3,8H2,1H3. The molecule has 0 amide bonds.